The van der Waals surface area contributed by atoms with Gasteiger partial charge in [-0.15, -0.1) is 0 Å². The van der Waals surface area contributed by atoms with Gasteiger partial charge in [-0.2, -0.15) is 5.10 Å². The van der Waals surface area contributed by atoms with Gasteiger partial charge in [-0.05, 0) is 44.5 Å². The average molecular weight is 281 g/mol. The predicted octanol–water partition coefficient (Wildman–Crippen LogP) is 2.61. The Balaban J connectivity index is 2.39. The Morgan fingerprint density at radius 2 is 1.80 bits per heavy atom. The van der Waals surface area contributed by atoms with Crippen molar-refractivity contribution in [1.82, 2.24) is 9.78 Å². The Bertz CT molecular complexity index is 615. The summed E-state index contributed by atoms with van der Waals surface area (Å²) in [6.07, 6.45) is 0.416. The van der Waals surface area contributed by atoms with Crippen LogP contribution in [0.2, 0.25) is 0 Å². The van der Waals surface area contributed by atoms with E-state index < -0.39 is 17.4 Å². The molecule has 0 aliphatic rings. The van der Waals surface area contributed by atoms with Crippen LogP contribution in [0.3, 0.4) is 0 Å². The van der Waals surface area contributed by atoms with Crippen LogP contribution in [-0.2, 0) is 13.5 Å². The number of halogens is 2. The van der Waals surface area contributed by atoms with Crippen LogP contribution in [0.25, 0.3) is 0 Å². The molecular weight excluding hydrogens is 264 g/mol. The highest BCUT2D eigenvalue weighted by Gasteiger charge is 2.18. The zero-order chi connectivity index (χ0) is 14.9. The quantitative estimate of drug-likeness (QED) is 0.937. The van der Waals surface area contributed by atoms with Crippen LogP contribution in [0.5, 0.6) is 11.5 Å². The van der Waals surface area contributed by atoms with Crippen LogP contribution in [0.15, 0.2) is 12.1 Å². The van der Waals surface area contributed by atoms with E-state index in [1.807, 2.05) is 0 Å². The summed E-state index contributed by atoms with van der Waals surface area (Å²) in [5.41, 5.74) is 7.17. The summed E-state index contributed by atoms with van der Waals surface area (Å²) in [4.78, 5) is 0. The zero-order valence-corrected chi connectivity index (χ0v) is 11.7. The van der Waals surface area contributed by atoms with E-state index in [4.69, 9.17) is 10.5 Å². The lowest BCUT2D eigenvalue weighted by atomic mass is 10.1. The Labute approximate surface area is 116 Å². The fourth-order valence-corrected chi connectivity index (χ4v) is 2.02. The molecule has 108 valence electrons. The van der Waals surface area contributed by atoms with Gasteiger partial charge in [0, 0.05) is 7.05 Å². The number of benzene rings is 1. The summed E-state index contributed by atoms with van der Waals surface area (Å²) in [6.45, 7) is 3.83. The first kappa shape index (κ1) is 14.5. The van der Waals surface area contributed by atoms with Gasteiger partial charge in [-0.25, -0.2) is 8.78 Å². The van der Waals surface area contributed by atoms with Crippen molar-refractivity contribution in [3.8, 4) is 11.5 Å². The molecule has 1 heterocycles. The van der Waals surface area contributed by atoms with Gasteiger partial charge in [0.25, 0.3) is 0 Å². The van der Waals surface area contributed by atoms with Crippen molar-refractivity contribution in [3.63, 3.8) is 0 Å². The van der Waals surface area contributed by atoms with Crippen molar-refractivity contribution >= 4 is 0 Å². The summed E-state index contributed by atoms with van der Waals surface area (Å²) >= 11 is 0. The van der Waals surface area contributed by atoms with Crippen LogP contribution in [0.4, 0.5) is 8.78 Å². The number of hydrogen-bond acceptors (Lipinski definition) is 3. The molecule has 2 aromatic rings. The van der Waals surface area contributed by atoms with Gasteiger partial charge in [0.15, 0.2) is 23.1 Å². The lowest BCUT2D eigenvalue weighted by molar-refractivity contribution is 0.402. The van der Waals surface area contributed by atoms with Gasteiger partial charge in [-0.3, -0.25) is 4.68 Å². The minimum atomic E-state index is -0.740. The standard InChI is InChI=1S/C14H17F2N3O/c1-8-13(9(2)19(3)18-8)20-14-11(15)6-10(4-5-17)7-12(14)16/h6-7H,4-5,17H2,1-3H3. The maximum atomic E-state index is 14.0. The smallest absolute Gasteiger partial charge is 0.198 e. The molecule has 0 spiro atoms. The molecule has 20 heavy (non-hydrogen) atoms. The maximum Gasteiger partial charge on any atom is 0.198 e. The topological polar surface area (TPSA) is 53.1 Å². The van der Waals surface area contributed by atoms with Gasteiger partial charge in [0.05, 0.1) is 5.69 Å². The van der Waals surface area contributed by atoms with E-state index in [0.717, 1.165) is 0 Å². The van der Waals surface area contributed by atoms with Crippen molar-refractivity contribution in [2.24, 2.45) is 12.8 Å². The lowest BCUT2D eigenvalue weighted by Gasteiger charge is -2.10. The number of nitrogens with zero attached hydrogens (tertiary/aromatic N) is 2. The zero-order valence-electron chi connectivity index (χ0n) is 11.7. The van der Waals surface area contributed by atoms with Crippen molar-refractivity contribution < 1.29 is 13.5 Å². The van der Waals surface area contributed by atoms with Crippen molar-refractivity contribution in [3.05, 3.63) is 40.7 Å². The molecule has 0 saturated carbocycles. The molecule has 6 heteroatoms. The van der Waals surface area contributed by atoms with E-state index in [9.17, 15) is 8.78 Å². The first-order chi connectivity index (χ1) is 9.43. The third-order valence-electron chi connectivity index (χ3n) is 3.14. The fraction of sp³-hybridized carbons (Fsp3) is 0.357. The second-order valence-electron chi connectivity index (χ2n) is 4.65. The summed E-state index contributed by atoms with van der Waals surface area (Å²) in [6, 6.07) is 2.48. The Morgan fingerprint density at radius 3 is 2.25 bits per heavy atom. The molecule has 0 aliphatic carbocycles. The Hall–Kier alpha value is -1.95. The highest BCUT2D eigenvalue weighted by molar-refractivity contribution is 5.40. The second kappa shape index (κ2) is 5.58. The monoisotopic (exact) mass is 281 g/mol. The van der Waals surface area contributed by atoms with Crippen LogP contribution in [0.1, 0.15) is 17.0 Å². The van der Waals surface area contributed by atoms with Gasteiger partial charge in [-0.1, -0.05) is 0 Å². The average Bonchev–Trinajstić information content (AvgIpc) is 2.60. The van der Waals surface area contributed by atoms with Crippen molar-refractivity contribution in [2.75, 3.05) is 6.54 Å². The van der Waals surface area contributed by atoms with Crippen molar-refractivity contribution in [1.29, 1.82) is 0 Å². The molecule has 2 rings (SSSR count). The number of hydrogen-bond donors (Lipinski definition) is 1. The van der Waals surface area contributed by atoms with E-state index in [2.05, 4.69) is 5.10 Å². The number of aromatic nitrogens is 2. The van der Waals surface area contributed by atoms with E-state index >= 15 is 0 Å². The minimum Gasteiger partial charge on any atom is -0.447 e. The first-order valence-corrected chi connectivity index (χ1v) is 6.30. The van der Waals surface area contributed by atoms with Crippen LogP contribution >= 0.6 is 0 Å². The lowest BCUT2D eigenvalue weighted by Crippen LogP contribution is -2.04. The van der Waals surface area contributed by atoms with Gasteiger partial charge < -0.3 is 10.5 Å². The summed E-state index contributed by atoms with van der Waals surface area (Å²) in [5, 5.41) is 4.14. The minimum absolute atomic E-state index is 0.333. The third kappa shape index (κ3) is 2.65. The summed E-state index contributed by atoms with van der Waals surface area (Å²) in [7, 11) is 1.74. The fourth-order valence-electron chi connectivity index (χ4n) is 2.02. The molecule has 0 saturated heterocycles. The number of aryl methyl sites for hydroxylation is 2. The molecule has 0 unspecified atom stereocenters. The molecule has 2 N–H and O–H groups in total. The van der Waals surface area contributed by atoms with E-state index in [0.29, 0.717) is 35.7 Å². The van der Waals surface area contributed by atoms with Crippen LogP contribution in [0, 0.1) is 25.5 Å². The van der Waals surface area contributed by atoms with Gasteiger partial charge >= 0.3 is 0 Å². The highest BCUT2D eigenvalue weighted by atomic mass is 19.1. The van der Waals surface area contributed by atoms with E-state index in [1.54, 1.807) is 25.6 Å². The third-order valence-corrected chi connectivity index (χ3v) is 3.14. The van der Waals surface area contributed by atoms with Crippen LogP contribution in [-0.4, -0.2) is 16.3 Å². The Kier molecular flexibility index (Phi) is 4.04. The summed E-state index contributed by atoms with van der Waals surface area (Å²) in [5.74, 6) is -1.52. The van der Waals surface area contributed by atoms with E-state index in [-0.39, 0.29) is 0 Å². The molecular formula is C14H17F2N3O. The number of nitrogens with two attached hydrogens (primary N) is 1. The molecule has 0 amide bonds. The Morgan fingerprint density at radius 1 is 1.20 bits per heavy atom. The van der Waals surface area contributed by atoms with Gasteiger partial charge in [0.2, 0.25) is 0 Å². The molecule has 0 atom stereocenters. The second-order valence-corrected chi connectivity index (χ2v) is 4.65. The molecule has 0 bridgehead atoms. The number of ether oxygens (including phenoxy) is 1. The molecule has 4 nitrogen and oxygen atoms in total. The number of rotatable bonds is 4. The normalized spacial score (nSPS) is 10.9. The maximum absolute atomic E-state index is 14.0. The molecule has 0 aliphatic heterocycles. The SMILES string of the molecule is Cc1nn(C)c(C)c1Oc1c(F)cc(CCN)cc1F. The van der Waals surface area contributed by atoms with Crippen molar-refractivity contribution in [2.45, 2.75) is 20.3 Å². The first-order valence-electron chi connectivity index (χ1n) is 6.30. The highest BCUT2D eigenvalue weighted by Crippen LogP contribution is 2.32. The molecule has 1 aromatic carbocycles. The largest absolute Gasteiger partial charge is 0.447 e. The molecule has 0 fully saturated rings. The molecule has 0 radical (unpaired) electrons. The predicted molar refractivity (Wildman–Crippen MR) is 71.9 cm³/mol. The molecule has 1 aromatic heterocycles. The van der Waals surface area contributed by atoms with E-state index in [1.165, 1.54) is 12.1 Å². The van der Waals surface area contributed by atoms with Crippen LogP contribution < -0.4 is 10.5 Å². The summed E-state index contributed by atoms with van der Waals surface area (Å²) < 4.78 is 34.9. The van der Waals surface area contributed by atoms with Gasteiger partial charge in [0.1, 0.15) is 5.69 Å².